The Morgan fingerprint density at radius 3 is 2.50 bits per heavy atom. The standard InChI is InChI=1S/C23H25FN2O2/c1-28-20-9-5-3-6-16(20)18-14-26(23(27)17-7-2-4-8-19(17)24)21-15-10-12-25(13-11-15)22(18)21/h2-9,15,18,21-22H,10-14H2,1H3/t18-,21+,22+/m0/s1. The minimum absolute atomic E-state index is 0.143. The number of likely N-dealkylation sites (tertiary alicyclic amines) is 1. The molecule has 3 atom stereocenters. The first-order chi connectivity index (χ1) is 13.7. The van der Waals surface area contributed by atoms with E-state index in [2.05, 4.69) is 11.0 Å². The molecule has 2 aromatic rings. The van der Waals surface area contributed by atoms with Crippen molar-refractivity contribution in [1.82, 2.24) is 9.80 Å². The maximum Gasteiger partial charge on any atom is 0.257 e. The minimum Gasteiger partial charge on any atom is -0.496 e. The SMILES string of the molecule is COc1ccccc1[C@@H]1CN(C(=O)c2ccccc2F)[C@@H]2C3CCN(CC3)[C@@H]21. The predicted molar refractivity (Wildman–Crippen MR) is 105 cm³/mol. The zero-order valence-electron chi connectivity index (χ0n) is 16.1. The Bertz CT molecular complexity index is 894. The van der Waals surface area contributed by atoms with Crippen LogP contribution in [-0.2, 0) is 0 Å². The summed E-state index contributed by atoms with van der Waals surface area (Å²) in [6, 6.07) is 14.9. The fourth-order valence-corrected chi connectivity index (χ4v) is 5.69. The van der Waals surface area contributed by atoms with Gasteiger partial charge in [-0.25, -0.2) is 4.39 Å². The molecule has 0 saturated carbocycles. The van der Waals surface area contributed by atoms with Crippen LogP contribution in [0.25, 0.3) is 0 Å². The number of ether oxygens (including phenoxy) is 1. The number of halogens is 1. The Hall–Kier alpha value is -2.40. The van der Waals surface area contributed by atoms with Gasteiger partial charge < -0.3 is 9.64 Å². The second-order valence-electron chi connectivity index (χ2n) is 8.14. The summed E-state index contributed by atoms with van der Waals surface area (Å²) in [6.45, 7) is 2.77. The Labute approximate surface area is 164 Å². The number of hydrogen-bond acceptors (Lipinski definition) is 3. The molecule has 4 aliphatic heterocycles. The quantitative estimate of drug-likeness (QED) is 0.817. The Morgan fingerprint density at radius 2 is 1.75 bits per heavy atom. The number of fused-ring (bicyclic) bond motifs is 2. The highest BCUT2D eigenvalue weighted by molar-refractivity contribution is 5.95. The van der Waals surface area contributed by atoms with Crippen molar-refractivity contribution in [3.8, 4) is 5.75 Å². The lowest BCUT2D eigenvalue weighted by Gasteiger charge is -2.51. The monoisotopic (exact) mass is 380 g/mol. The number of carbonyl (C=O) groups is 1. The van der Waals surface area contributed by atoms with Gasteiger partial charge in [-0.05, 0) is 50.0 Å². The van der Waals surface area contributed by atoms with Crippen LogP contribution >= 0.6 is 0 Å². The molecule has 2 bridgehead atoms. The zero-order chi connectivity index (χ0) is 19.3. The largest absolute Gasteiger partial charge is 0.496 e. The summed E-state index contributed by atoms with van der Waals surface area (Å²) in [4.78, 5) is 17.9. The zero-order valence-corrected chi connectivity index (χ0v) is 16.1. The molecule has 1 amide bonds. The summed E-state index contributed by atoms with van der Waals surface area (Å²) in [6.07, 6.45) is 2.22. The topological polar surface area (TPSA) is 32.8 Å². The third-order valence-corrected chi connectivity index (χ3v) is 6.90. The van der Waals surface area contributed by atoms with Crippen LogP contribution in [0, 0.1) is 11.7 Å². The molecule has 0 unspecified atom stereocenters. The van der Waals surface area contributed by atoms with Crippen LogP contribution in [0.1, 0.15) is 34.7 Å². The summed E-state index contributed by atoms with van der Waals surface area (Å²) in [5.41, 5.74) is 1.33. The van der Waals surface area contributed by atoms with Gasteiger partial charge in [0.25, 0.3) is 5.91 Å². The molecule has 5 heteroatoms. The van der Waals surface area contributed by atoms with Crippen LogP contribution in [0.4, 0.5) is 4.39 Å². The van der Waals surface area contributed by atoms with Crippen LogP contribution < -0.4 is 4.74 Å². The Kier molecular flexibility index (Phi) is 4.35. The van der Waals surface area contributed by atoms with Crippen molar-refractivity contribution in [3.63, 3.8) is 0 Å². The normalized spacial score (nSPS) is 30.9. The minimum atomic E-state index is -0.439. The number of hydrogen-bond donors (Lipinski definition) is 0. The van der Waals surface area contributed by atoms with E-state index in [-0.39, 0.29) is 29.5 Å². The number of carbonyl (C=O) groups excluding carboxylic acids is 1. The van der Waals surface area contributed by atoms with E-state index in [0.717, 1.165) is 37.2 Å². The number of methoxy groups -OCH3 is 1. The van der Waals surface area contributed by atoms with Crippen molar-refractivity contribution in [2.45, 2.75) is 30.8 Å². The summed E-state index contributed by atoms with van der Waals surface area (Å²) in [7, 11) is 1.70. The third-order valence-electron chi connectivity index (χ3n) is 6.90. The number of nitrogens with zero attached hydrogens (tertiary/aromatic N) is 2. The molecular weight excluding hydrogens is 355 g/mol. The highest BCUT2D eigenvalue weighted by Gasteiger charge is 2.55. The van der Waals surface area contributed by atoms with E-state index < -0.39 is 5.82 Å². The Morgan fingerprint density at radius 1 is 1.04 bits per heavy atom. The van der Waals surface area contributed by atoms with E-state index in [4.69, 9.17) is 4.74 Å². The van der Waals surface area contributed by atoms with Crippen LogP contribution in [0.3, 0.4) is 0 Å². The van der Waals surface area contributed by atoms with Gasteiger partial charge in [-0.15, -0.1) is 0 Å². The lowest BCUT2D eigenvalue weighted by molar-refractivity contribution is -0.00363. The lowest BCUT2D eigenvalue weighted by Crippen LogP contribution is -2.60. The molecule has 0 aliphatic carbocycles. The molecule has 6 rings (SSSR count). The van der Waals surface area contributed by atoms with Crippen LogP contribution in [-0.4, -0.2) is 54.5 Å². The maximum absolute atomic E-state index is 14.4. The van der Waals surface area contributed by atoms with Crippen molar-refractivity contribution in [1.29, 1.82) is 0 Å². The Balaban J connectivity index is 1.56. The van der Waals surface area contributed by atoms with E-state index in [1.54, 1.807) is 25.3 Å². The summed E-state index contributed by atoms with van der Waals surface area (Å²) < 4.78 is 20.0. The van der Waals surface area contributed by atoms with Crippen molar-refractivity contribution in [2.24, 2.45) is 5.92 Å². The van der Waals surface area contributed by atoms with Crippen molar-refractivity contribution in [2.75, 3.05) is 26.7 Å². The van der Waals surface area contributed by atoms with E-state index in [1.807, 2.05) is 23.1 Å². The molecule has 2 aromatic carbocycles. The van der Waals surface area contributed by atoms with Crippen LogP contribution in [0.2, 0.25) is 0 Å². The van der Waals surface area contributed by atoms with Gasteiger partial charge in [0.2, 0.25) is 0 Å². The molecule has 146 valence electrons. The number of piperidine rings is 3. The average Bonchev–Trinajstić information content (AvgIpc) is 3.17. The molecule has 0 N–H and O–H groups in total. The van der Waals surface area contributed by atoms with Crippen molar-refractivity contribution >= 4 is 5.91 Å². The van der Waals surface area contributed by atoms with E-state index in [9.17, 15) is 9.18 Å². The molecule has 4 heterocycles. The highest BCUT2D eigenvalue weighted by Crippen LogP contribution is 2.48. The van der Waals surface area contributed by atoms with Gasteiger partial charge in [-0.3, -0.25) is 9.69 Å². The highest BCUT2D eigenvalue weighted by atomic mass is 19.1. The summed E-state index contributed by atoms with van der Waals surface area (Å²) in [5, 5.41) is 0. The maximum atomic E-state index is 14.4. The summed E-state index contributed by atoms with van der Waals surface area (Å²) >= 11 is 0. The average molecular weight is 380 g/mol. The fraction of sp³-hybridized carbons (Fsp3) is 0.435. The second-order valence-corrected chi connectivity index (χ2v) is 8.14. The first-order valence-corrected chi connectivity index (χ1v) is 10.1. The fourth-order valence-electron chi connectivity index (χ4n) is 5.69. The predicted octanol–water partition coefficient (Wildman–Crippen LogP) is 3.54. The van der Waals surface area contributed by atoms with Gasteiger partial charge in [0.15, 0.2) is 0 Å². The number of amides is 1. The molecule has 0 aromatic heterocycles. The number of rotatable bonds is 3. The molecule has 0 spiro atoms. The lowest BCUT2D eigenvalue weighted by atomic mass is 9.75. The van der Waals surface area contributed by atoms with Crippen molar-refractivity contribution < 1.29 is 13.9 Å². The van der Waals surface area contributed by atoms with Gasteiger partial charge >= 0.3 is 0 Å². The molecule has 4 nitrogen and oxygen atoms in total. The summed E-state index contributed by atoms with van der Waals surface area (Å²) in [5.74, 6) is 0.921. The van der Waals surface area contributed by atoms with Gasteiger partial charge in [0.05, 0.1) is 18.7 Å². The molecule has 0 radical (unpaired) electrons. The van der Waals surface area contributed by atoms with Gasteiger partial charge in [-0.2, -0.15) is 0 Å². The molecule has 4 aliphatic rings. The van der Waals surface area contributed by atoms with Crippen LogP contribution in [0.5, 0.6) is 5.75 Å². The number of benzene rings is 2. The van der Waals surface area contributed by atoms with E-state index in [0.29, 0.717) is 12.5 Å². The third kappa shape index (κ3) is 2.64. The second kappa shape index (κ2) is 6.89. The molecule has 4 saturated heterocycles. The molecule has 28 heavy (non-hydrogen) atoms. The molecule has 4 fully saturated rings. The van der Waals surface area contributed by atoms with Gasteiger partial charge in [0, 0.05) is 24.1 Å². The van der Waals surface area contributed by atoms with E-state index >= 15 is 0 Å². The van der Waals surface area contributed by atoms with Crippen LogP contribution in [0.15, 0.2) is 48.5 Å². The van der Waals surface area contributed by atoms with Gasteiger partial charge in [0.1, 0.15) is 11.6 Å². The van der Waals surface area contributed by atoms with E-state index in [1.165, 1.54) is 6.07 Å². The molecular formula is C23H25FN2O2. The first kappa shape index (κ1) is 17.7. The number of para-hydroxylation sites is 1. The first-order valence-electron chi connectivity index (χ1n) is 10.1. The van der Waals surface area contributed by atoms with Crippen molar-refractivity contribution in [3.05, 3.63) is 65.5 Å². The smallest absolute Gasteiger partial charge is 0.257 e. The van der Waals surface area contributed by atoms with Gasteiger partial charge in [-0.1, -0.05) is 30.3 Å².